The van der Waals surface area contributed by atoms with E-state index >= 15 is 0 Å². The normalized spacial score (nSPS) is 28.8. The SMILES string of the molecule is CCc1ccc(C2=C(C)C(=O)C3(O2)C(=O)NC(O)(C(=O)c2ccccc2)C3O)o1. The molecule has 1 aromatic heterocycles. The molecule has 0 radical (unpaired) electrons. The van der Waals surface area contributed by atoms with Crippen molar-refractivity contribution < 1.29 is 33.8 Å². The van der Waals surface area contributed by atoms with Crippen LogP contribution < -0.4 is 5.32 Å². The first-order valence-corrected chi connectivity index (χ1v) is 9.12. The minimum absolute atomic E-state index is 0.0136. The third kappa shape index (κ3) is 2.49. The fraction of sp³-hybridized carbons (Fsp3) is 0.286. The molecular weight excluding hydrogens is 378 g/mol. The Kier molecular flexibility index (Phi) is 4.21. The van der Waals surface area contributed by atoms with E-state index in [9.17, 15) is 24.6 Å². The zero-order valence-corrected chi connectivity index (χ0v) is 15.8. The lowest BCUT2D eigenvalue weighted by molar-refractivity contribution is -0.154. The largest absolute Gasteiger partial charge is 0.462 e. The van der Waals surface area contributed by atoms with Crippen molar-refractivity contribution in [2.24, 2.45) is 0 Å². The number of aliphatic hydroxyl groups excluding tert-OH is 1. The van der Waals surface area contributed by atoms with Gasteiger partial charge in [0.25, 0.3) is 11.5 Å². The molecule has 1 spiro atoms. The van der Waals surface area contributed by atoms with Crippen LogP contribution in [0.1, 0.15) is 35.7 Å². The zero-order valence-electron chi connectivity index (χ0n) is 15.8. The second-order valence-corrected chi connectivity index (χ2v) is 7.06. The van der Waals surface area contributed by atoms with Crippen molar-refractivity contribution in [2.45, 2.75) is 37.7 Å². The standard InChI is InChI=1S/C21H19NO7/c1-3-13-9-10-14(28-13)15-11(2)16(23)20(29-15)18(25)21(27,22-19(20)26)17(24)12-7-5-4-6-8-12/h4-10,18,25,27H,3H2,1-2H3,(H,22,26). The number of ketones is 2. The van der Waals surface area contributed by atoms with Crippen LogP contribution in [0.15, 0.2) is 52.5 Å². The Balaban J connectivity index is 1.73. The molecule has 29 heavy (non-hydrogen) atoms. The molecule has 1 aromatic carbocycles. The monoisotopic (exact) mass is 397 g/mol. The number of amides is 1. The van der Waals surface area contributed by atoms with E-state index in [1.807, 2.05) is 6.92 Å². The average molecular weight is 397 g/mol. The third-order valence-corrected chi connectivity index (χ3v) is 5.32. The number of aryl methyl sites for hydroxylation is 1. The fourth-order valence-electron chi connectivity index (χ4n) is 3.66. The molecule has 1 fully saturated rings. The van der Waals surface area contributed by atoms with Gasteiger partial charge in [-0.2, -0.15) is 0 Å². The van der Waals surface area contributed by atoms with E-state index in [4.69, 9.17) is 9.15 Å². The lowest BCUT2D eigenvalue weighted by Gasteiger charge is -2.29. The molecule has 3 N–H and O–H groups in total. The number of furan rings is 1. The van der Waals surface area contributed by atoms with Gasteiger partial charge >= 0.3 is 0 Å². The number of carbonyl (C=O) groups excluding carboxylic acids is 3. The highest BCUT2D eigenvalue weighted by Crippen LogP contribution is 2.45. The highest BCUT2D eigenvalue weighted by molar-refractivity contribution is 6.25. The topological polar surface area (TPSA) is 126 Å². The number of hydrogen-bond donors (Lipinski definition) is 3. The summed E-state index contributed by atoms with van der Waals surface area (Å²) in [5, 5.41) is 23.8. The molecule has 3 unspecified atom stereocenters. The van der Waals surface area contributed by atoms with Crippen LogP contribution in [0.5, 0.6) is 0 Å². The molecule has 3 atom stereocenters. The Morgan fingerprint density at radius 3 is 2.48 bits per heavy atom. The maximum absolute atomic E-state index is 13.0. The van der Waals surface area contributed by atoms with Gasteiger partial charge in [0.1, 0.15) is 5.76 Å². The second-order valence-electron chi connectivity index (χ2n) is 7.06. The summed E-state index contributed by atoms with van der Waals surface area (Å²) in [7, 11) is 0. The Morgan fingerprint density at radius 1 is 1.17 bits per heavy atom. The molecule has 2 aliphatic rings. The molecule has 1 amide bonds. The van der Waals surface area contributed by atoms with Crippen LogP contribution in [-0.4, -0.2) is 45.1 Å². The van der Waals surface area contributed by atoms with Gasteiger partial charge in [0.05, 0.1) is 0 Å². The van der Waals surface area contributed by atoms with E-state index in [2.05, 4.69) is 5.32 Å². The number of nitrogens with one attached hydrogen (secondary N) is 1. The Morgan fingerprint density at radius 2 is 1.86 bits per heavy atom. The molecule has 1 saturated heterocycles. The quantitative estimate of drug-likeness (QED) is 0.518. The molecule has 4 rings (SSSR count). The maximum Gasteiger partial charge on any atom is 0.279 e. The van der Waals surface area contributed by atoms with Gasteiger partial charge in [-0.05, 0) is 19.1 Å². The molecule has 0 bridgehead atoms. The van der Waals surface area contributed by atoms with Crippen molar-refractivity contribution in [1.29, 1.82) is 0 Å². The summed E-state index contributed by atoms with van der Waals surface area (Å²) in [6.07, 6.45) is -1.56. The molecule has 2 aliphatic heterocycles. The third-order valence-electron chi connectivity index (χ3n) is 5.32. The van der Waals surface area contributed by atoms with Gasteiger partial charge in [0, 0.05) is 17.6 Å². The number of ether oxygens (including phenoxy) is 1. The predicted octanol–water partition coefficient (Wildman–Crippen LogP) is 0.973. The summed E-state index contributed by atoms with van der Waals surface area (Å²) in [6, 6.07) is 10.9. The van der Waals surface area contributed by atoms with Gasteiger partial charge in [0.2, 0.25) is 17.3 Å². The summed E-state index contributed by atoms with van der Waals surface area (Å²) < 4.78 is 11.2. The highest BCUT2D eigenvalue weighted by atomic mass is 16.6. The van der Waals surface area contributed by atoms with E-state index in [1.54, 1.807) is 30.3 Å². The Hall–Kier alpha value is -3.23. The van der Waals surface area contributed by atoms with Gasteiger partial charge in [-0.1, -0.05) is 37.3 Å². The lowest BCUT2D eigenvalue weighted by atomic mass is 9.85. The lowest BCUT2D eigenvalue weighted by Crippen LogP contribution is -2.59. The minimum Gasteiger partial charge on any atom is -0.462 e. The second kappa shape index (κ2) is 6.40. The molecule has 3 heterocycles. The van der Waals surface area contributed by atoms with E-state index in [-0.39, 0.29) is 22.7 Å². The molecule has 8 heteroatoms. The van der Waals surface area contributed by atoms with Crippen molar-refractivity contribution >= 4 is 23.2 Å². The number of hydrogen-bond acceptors (Lipinski definition) is 7. The smallest absolute Gasteiger partial charge is 0.279 e. The Labute approximate surface area is 165 Å². The van der Waals surface area contributed by atoms with Crippen LogP contribution in [0.2, 0.25) is 0 Å². The molecular formula is C21H19NO7. The summed E-state index contributed by atoms with van der Waals surface area (Å²) in [5.74, 6) is -2.05. The number of rotatable bonds is 4. The summed E-state index contributed by atoms with van der Waals surface area (Å²) >= 11 is 0. The molecule has 150 valence electrons. The minimum atomic E-state index is -2.72. The summed E-state index contributed by atoms with van der Waals surface area (Å²) in [4.78, 5) is 38.6. The Bertz CT molecular complexity index is 1050. The summed E-state index contributed by atoms with van der Waals surface area (Å²) in [5.41, 5.74) is -5.09. The first-order chi connectivity index (χ1) is 13.8. The first-order valence-electron chi connectivity index (χ1n) is 9.12. The molecule has 0 saturated carbocycles. The van der Waals surface area contributed by atoms with Crippen LogP contribution in [0, 0.1) is 0 Å². The van der Waals surface area contributed by atoms with E-state index in [0.29, 0.717) is 12.2 Å². The van der Waals surface area contributed by atoms with Crippen molar-refractivity contribution in [1.82, 2.24) is 5.32 Å². The number of benzene rings is 1. The van der Waals surface area contributed by atoms with E-state index in [1.165, 1.54) is 19.1 Å². The van der Waals surface area contributed by atoms with Crippen molar-refractivity contribution in [2.75, 3.05) is 0 Å². The van der Waals surface area contributed by atoms with Crippen LogP contribution in [0.25, 0.3) is 5.76 Å². The van der Waals surface area contributed by atoms with Crippen LogP contribution in [-0.2, 0) is 20.7 Å². The van der Waals surface area contributed by atoms with Gasteiger partial charge in [0.15, 0.2) is 17.6 Å². The zero-order chi connectivity index (χ0) is 21.0. The molecule has 8 nitrogen and oxygen atoms in total. The van der Waals surface area contributed by atoms with Crippen LogP contribution in [0.3, 0.4) is 0 Å². The van der Waals surface area contributed by atoms with Gasteiger partial charge in [-0.25, -0.2) is 0 Å². The van der Waals surface area contributed by atoms with Gasteiger partial charge in [-0.3, -0.25) is 14.4 Å². The van der Waals surface area contributed by atoms with E-state index < -0.39 is 34.9 Å². The first kappa shape index (κ1) is 19.1. The van der Waals surface area contributed by atoms with Crippen molar-refractivity contribution in [3.8, 4) is 0 Å². The van der Waals surface area contributed by atoms with Crippen LogP contribution >= 0.6 is 0 Å². The maximum atomic E-state index is 13.0. The fourth-order valence-corrected chi connectivity index (χ4v) is 3.66. The summed E-state index contributed by atoms with van der Waals surface area (Å²) in [6.45, 7) is 3.31. The van der Waals surface area contributed by atoms with Crippen molar-refractivity contribution in [3.63, 3.8) is 0 Å². The predicted molar refractivity (Wildman–Crippen MR) is 99.4 cm³/mol. The van der Waals surface area contributed by atoms with Gasteiger partial charge in [-0.15, -0.1) is 0 Å². The number of carbonyl (C=O) groups is 3. The average Bonchev–Trinajstić information content (AvgIpc) is 3.36. The number of aliphatic hydroxyl groups is 2. The highest BCUT2D eigenvalue weighted by Gasteiger charge is 2.73. The van der Waals surface area contributed by atoms with Crippen LogP contribution in [0.4, 0.5) is 0 Å². The molecule has 0 aliphatic carbocycles. The van der Waals surface area contributed by atoms with Crippen molar-refractivity contribution in [3.05, 3.63) is 65.1 Å². The van der Waals surface area contributed by atoms with Gasteiger partial charge < -0.3 is 24.7 Å². The molecule has 2 aromatic rings. The van der Waals surface area contributed by atoms with E-state index in [0.717, 1.165) is 0 Å². The number of Topliss-reactive ketones (excluding diaryl/α,β-unsaturated/α-hetero) is 2.